The van der Waals surface area contributed by atoms with Crippen molar-refractivity contribution >= 4 is 101 Å². The van der Waals surface area contributed by atoms with Gasteiger partial charge in [-0.3, -0.25) is 9.59 Å². The minimum atomic E-state index is -0.188. The molecule has 2 aliphatic rings. The molecule has 0 aromatic heterocycles. The molecule has 0 atom stereocenters. The van der Waals surface area contributed by atoms with Crippen molar-refractivity contribution in [3.63, 3.8) is 0 Å². The van der Waals surface area contributed by atoms with E-state index in [9.17, 15) is 4.79 Å². The summed E-state index contributed by atoms with van der Waals surface area (Å²) in [6, 6.07) is 39.8. The topological polar surface area (TPSA) is 77.5 Å². The van der Waals surface area contributed by atoms with Crippen LogP contribution in [-0.2, 0) is 0 Å². The second-order valence-electron chi connectivity index (χ2n) is 14.2. The average Bonchev–Trinajstić information content (AvgIpc) is 3.73. The lowest BCUT2D eigenvalue weighted by Gasteiger charge is -2.34. The van der Waals surface area contributed by atoms with Crippen molar-refractivity contribution in [3.05, 3.63) is 142 Å². The smallest absolute Gasteiger partial charge is 0.197 e. The molecule has 0 aliphatic carbocycles. The molecule has 58 heavy (non-hydrogen) atoms. The van der Waals surface area contributed by atoms with Crippen LogP contribution in [0.4, 0.5) is 34.1 Å². The lowest BCUT2D eigenvalue weighted by Crippen LogP contribution is -2.16. The Hall–Kier alpha value is -6.62. The van der Waals surface area contributed by atoms with Crippen molar-refractivity contribution in [1.29, 1.82) is 0 Å². The van der Waals surface area contributed by atoms with Crippen molar-refractivity contribution in [1.82, 2.24) is 0 Å². The second-order valence-corrected chi connectivity index (χ2v) is 16.3. The molecule has 0 N–H and O–H groups in total. The fourth-order valence-corrected chi connectivity index (χ4v) is 10.7. The predicted octanol–water partition coefficient (Wildman–Crippen LogP) is 11.8. The van der Waals surface area contributed by atoms with Crippen molar-refractivity contribution in [2.45, 2.75) is 19.6 Å². The Morgan fingerprint density at radius 2 is 0.741 bits per heavy atom. The van der Waals surface area contributed by atoms with E-state index in [0.29, 0.717) is 50.2 Å². The van der Waals surface area contributed by atoms with E-state index in [1.807, 2.05) is 109 Å². The summed E-state index contributed by atoms with van der Waals surface area (Å²) >= 11 is 3.33. The molecule has 0 spiro atoms. The molecule has 9 aromatic rings. The van der Waals surface area contributed by atoms with Gasteiger partial charge in [-0.2, -0.15) is 0 Å². The number of ether oxygens (including phenoxy) is 4. The van der Waals surface area contributed by atoms with Crippen LogP contribution < -0.4 is 39.6 Å². The SMILES string of the molecule is COc1ccc2c(c1)N(c1cccc3c1c(=O)c1c3ccc3c4c(N5c6cc(OC)ccc6Sc6ccc(OC)cc65)cccc4c(=O)c31)c1cc(OC)ccc1S2. The van der Waals surface area contributed by atoms with Gasteiger partial charge < -0.3 is 28.7 Å². The van der Waals surface area contributed by atoms with Crippen molar-refractivity contribution in [2.24, 2.45) is 0 Å². The van der Waals surface area contributed by atoms with Gasteiger partial charge in [0.15, 0.2) is 10.9 Å². The fourth-order valence-electron chi connectivity index (χ4n) is 8.71. The van der Waals surface area contributed by atoms with E-state index in [2.05, 4.69) is 21.9 Å². The average molecular weight is 797 g/mol. The second kappa shape index (κ2) is 13.0. The van der Waals surface area contributed by atoms with E-state index in [-0.39, 0.29) is 10.9 Å². The molecule has 0 amide bonds. The number of hydrogen-bond acceptors (Lipinski definition) is 10. The Balaban J connectivity index is 1.20. The Bertz CT molecular complexity index is 3210. The van der Waals surface area contributed by atoms with E-state index < -0.39 is 0 Å². The standard InChI is InChI=1S/C48H32N2O6S2/c1-53-25-11-17-39-35(21-25)49(36-22-26(54-2)12-18-40(36)57-39)33-9-6-8-32-43(33)31-16-15-30-29-7-5-10-34(44(29)48(52)45(30)46(31)47(32)51)50-37-23-27(55-3)13-19-41(37)58-42-20-14-28(56-4)24-38(42)50/h5-24H,1-4H3. The van der Waals surface area contributed by atoms with Crippen LogP contribution in [0.1, 0.15) is 0 Å². The molecule has 0 saturated carbocycles. The summed E-state index contributed by atoms with van der Waals surface area (Å²) in [6.45, 7) is 0. The zero-order valence-electron chi connectivity index (χ0n) is 31.7. The van der Waals surface area contributed by atoms with Crippen LogP contribution in [0, 0.1) is 0 Å². The molecule has 0 radical (unpaired) electrons. The lowest BCUT2D eigenvalue weighted by atomic mass is 10.0. The molecule has 10 heteroatoms. The van der Waals surface area contributed by atoms with E-state index in [1.54, 1.807) is 52.0 Å². The number of hydrogen-bond donors (Lipinski definition) is 0. The molecule has 8 nitrogen and oxygen atoms in total. The number of rotatable bonds is 6. The Morgan fingerprint density at radius 3 is 1.19 bits per heavy atom. The molecule has 9 aromatic carbocycles. The van der Waals surface area contributed by atoms with Crippen molar-refractivity contribution in [2.75, 3.05) is 38.2 Å². The summed E-state index contributed by atoms with van der Waals surface area (Å²) in [7, 11) is 6.61. The third-order valence-corrected chi connectivity index (χ3v) is 13.6. The van der Waals surface area contributed by atoms with Crippen LogP contribution in [0.3, 0.4) is 0 Å². The van der Waals surface area contributed by atoms with E-state index >= 15 is 4.79 Å². The third-order valence-electron chi connectivity index (χ3n) is 11.3. The fraction of sp³-hybridized carbons (Fsp3) is 0.0833. The highest BCUT2D eigenvalue weighted by Gasteiger charge is 2.32. The molecule has 0 saturated heterocycles. The monoisotopic (exact) mass is 796 g/mol. The van der Waals surface area contributed by atoms with Crippen LogP contribution in [0.5, 0.6) is 23.0 Å². The van der Waals surface area contributed by atoms with Gasteiger partial charge in [-0.25, -0.2) is 0 Å². The molecule has 0 fully saturated rings. The first-order chi connectivity index (χ1) is 28.4. The van der Waals surface area contributed by atoms with Gasteiger partial charge in [-0.1, -0.05) is 59.9 Å². The van der Waals surface area contributed by atoms with Gasteiger partial charge in [0.25, 0.3) is 0 Å². The van der Waals surface area contributed by atoms with E-state index in [0.717, 1.165) is 69.6 Å². The Kier molecular flexibility index (Phi) is 7.73. The Morgan fingerprint density at radius 1 is 0.362 bits per heavy atom. The summed E-state index contributed by atoms with van der Waals surface area (Å²) in [4.78, 5) is 38.6. The van der Waals surface area contributed by atoms with E-state index in [1.165, 1.54) is 0 Å². The summed E-state index contributed by atoms with van der Waals surface area (Å²) in [5.41, 5.74) is 4.77. The van der Waals surface area contributed by atoms with Gasteiger partial charge in [0.1, 0.15) is 23.0 Å². The van der Waals surface area contributed by atoms with Crippen LogP contribution in [0.15, 0.2) is 150 Å². The Labute approximate surface area is 340 Å². The molecule has 0 bridgehead atoms. The van der Waals surface area contributed by atoms with Crippen LogP contribution in [-0.4, -0.2) is 28.4 Å². The number of anilines is 6. The normalized spacial score (nSPS) is 13.1. The van der Waals surface area contributed by atoms with Gasteiger partial charge in [0.2, 0.25) is 0 Å². The van der Waals surface area contributed by atoms with Crippen LogP contribution in [0.2, 0.25) is 0 Å². The molecule has 2 heterocycles. The number of nitrogens with zero attached hydrogens (tertiary/aromatic N) is 2. The van der Waals surface area contributed by atoms with Crippen molar-refractivity contribution in [3.8, 4) is 23.0 Å². The van der Waals surface area contributed by atoms with Gasteiger partial charge >= 0.3 is 0 Å². The molecular weight excluding hydrogens is 765 g/mol. The molecule has 11 rings (SSSR count). The quantitative estimate of drug-likeness (QED) is 0.162. The highest BCUT2D eigenvalue weighted by molar-refractivity contribution is 8.00. The van der Waals surface area contributed by atoms with Crippen LogP contribution >= 0.6 is 23.5 Å². The lowest BCUT2D eigenvalue weighted by molar-refractivity contribution is 0.414. The first-order valence-corrected chi connectivity index (χ1v) is 20.2. The molecular formula is C48H32N2O6S2. The van der Waals surface area contributed by atoms with Gasteiger partial charge in [-0.15, -0.1) is 0 Å². The predicted molar refractivity (Wildman–Crippen MR) is 235 cm³/mol. The highest BCUT2D eigenvalue weighted by Crippen LogP contribution is 2.56. The molecule has 2 aliphatic heterocycles. The minimum Gasteiger partial charge on any atom is -0.497 e. The zero-order chi connectivity index (χ0) is 39.4. The summed E-state index contributed by atoms with van der Waals surface area (Å²) in [5.74, 6) is 2.82. The third kappa shape index (κ3) is 4.85. The van der Waals surface area contributed by atoms with Gasteiger partial charge in [-0.05, 0) is 76.8 Å². The highest BCUT2D eigenvalue weighted by atomic mass is 32.2. The molecule has 0 unspecified atom stereocenters. The summed E-state index contributed by atoms with van der Waals surface area (Å²) in [5, 5.41) is 4.97. The van der Waals surface area contributed by atoms with Crippen molar-refractivity contribution < 1.29 is 18.9 Å². The minimum absolute atomic E-state index is 0.172. The largest absolute Gasteiger partial charge is 0.497 e. The number of methoxy groups -OCH3 is 4. The molecule has 282 valence electrons. The first kappa shape index (κ1) is 34.6. The number of fused-ring (bicyclic) bond motifs is 11. The zero-order valence-corrected chi connectivity index (χ0v) is 33.3. The van der Waals surface area contributed by atoms with Crippen LogP contribution in [0.25, 0.3) is 43.1 Å². The van der Waals surface area contributed by atoms with Gasteiger partial charge in [0.05, 0.1) is 67.9 Å². The number of benzene rings is 7. The first-order valence-electron chi connectivity index (χ1n) is 18.6. The maximum Gasteiger partial charge on any atom is 0.197 e. The maximum absolute atomic E-state index is 15.3. The van der Waals surface area contributed by atoms with E-state index in [4.69, 9.17) is 18.9 Å². The maximum atomic E-state index is 15.3. The summed E-state index contributed by atoms with van der Waals surface area (Å²) in [6.07, 6.45) is 0. The summed E-state index contributed by atoms with van der Waals surface area (Å²) < 4.78 is 22.8. The van der Waals surface area contributed by atoms with Gasteiger partial charge in [0, 0.05) is 65.4 Å².